The molecule has 2 heterocycles. The summed E-state index contributed by atoms with van der Waals surface area (Å²) in [6, 6.07) is 10.2. The molecule has 0 atom stereocenters. The van der Waals surface area contributed by atoms with Gasteiger partial charge < -0.3 is 5.73 Å². The first-order chi connectivity index (χ1) is 8.74. The minimum Gasteiger partial charge on any atom is -0.383 e. The Morgan fingerprint density at radius 1 is 1.28 bits per heavy atom. The topological polar surface area (TPSA) is 56.7 Å². The van der Waals surface area contributed by atoms with Crippen molar-refractivity contribution in [1.82, 2.24) is 14.8 Å². The lowest BCUT2D eigenvalue weighted by molar-refractivity contribution is 0.697. The number of benzene rings is 1. The molecule has 90 valence electrons. The minimum absolute atomic E-state index is 0.640. The predicted octanol–water partition coefficient (Wildman–Crippen LogP) is 2.82. The molecule has 5 heteroatoms. The lowest BCUT2D eigenvalue weighted by Crippen LogP contribution is -2.05. The molecule has 2 N–H and O–H groups in total. The van der Waals surface area contributed by atoms with Gasteiger partial charge >= 0.3 is 0 Å². The Labute approximate surface area is 113 Å². The normalized spacial score (nSPS) is 10.9. The van der Waals surface area contributed by atoms with E-state index >= 15 is 0 Å². The van der Waals surface area contributed by atoms with Gasteiger partial charge in [0.2, 0.25) is 0 Å². The second-order valence-electron chi connectivity index (χ2n) is 4.07. The first-order valence-electron chi connectivity index (χ1n) is 5.54. The van der Waals surface area contributed by atoms with Gasteiger partial charge in [0.1, 0.15) is 5.82 Å². The second kappa shape index (κ2) is 4.42. The lowest BCUT2D eigenvalue weighted by atomic mass is 10.1. The van der Waals surface area contributed by atoms with E-state index in [1.54, 1.807) is 17.1 Å². The average Bonchev–Trinajstić information content (AvgIpc) is 2.71. The number of hydrogen-bond donors (Lipinski definition) is 1. The Hall–Kier alpha value is -1.88. The Kier molecular flexibility index (Phi) is 2.76. The first-order valence-corrected chi connectivity index (χ1v) is 6.34. The fourth-order valence-corrected chi connectivity index (χ4v) is 2.19. The standard InChI is InChI=1S/C13H11BrN4/c14-11-7-17-18(13(11)15)8-9-3-4-12-10(6-9)2-1-5-16-12/h1-7H,8,15H2. The van der Waals surface area contributed by atoms with E-state index in [0.717, 1.165) is 20.9 Å². The van der Waals surface area contributed by atoms with Crippen molar-refractivity contribution in [2.24, 2.45) is 0 Å². The molecule has 0 fully saturated rings. The Morgan fingerprint density at radius 2 is 2.17 bits per heavy atom. The van der Waals surface area contributed by atoms with Gasteiger partial charge in [-0.1, -0.05) is 12.1 Å². The maximum absolute atomic E-state index is 5.90. The highest BCUT2D eigenvalue weighted by molar-refractivity contribution is 9.10. The number of pyridine rings is 1. The number of halogens is 1. The van der Waals surface area contributed by atoms with E-state index in [0.29, 0.717) is 12.4 Å². The summed E-state index contributed by atoms with van der Waals surface area (Å²) in [7, 11) is 0. The summed E-state index contributed by atoms with van der Waals surface area (Å²) in [5.41, 5.74) is 8.05. The molecule has 0 bridgehead atoms. The van der Waals surface area contributed by atoms with Crippen LogP contribution in [0.5, 0.6) is 0 Å². The second-order valence-corrected chi connectivity index (χ2v) is 4.92. The summed E-state index contributed by atoms with van der Waals surface area (Å²) in [4.78, 5) is 4.30. The molecule has 3 aromatic rings. The highest BCUT2D eigenvalue weighted by Crippen LogP contribution is 2.20. The number of aromatic nitrogens is 3. The maximum atomic E-state index is 5.90. The number of rotatable bonds is 2. The van der Waals surface area contributed by atoms with Crippen LogP contribution >= 0.6 is 15.9 Å². The van der Waals surface area contributed by atoms with Crippen LogP contribution in [0.15, 0.2) is 47.2 Å². The number of anilines is 1. The monoisotopic (exact) mass is 302 g/mol. The molecule has 0 saturated carbocycles. The predicted molar refractivity (Wildman–Crippen MR) is 75.2 cm³/mol. The van der Waals surface area contributed by atoms with Crippen molar-refractivity contribution in [2.45, 2.75) is 6.54 Å². The highest BCUT2D eigenvalue weighted by Gasteiger charge is 2.05. The smallest absolute Gasteiger partial charge is 0.136 e. The van der Waals surface area contributed by atoms with E-state index in [-0.39, 0.29) is 0 Å². The van der Waals surface area contributed by atoms with Gasteiger partial charge in [0.05, 0.1) is 22.7 Å². The summed E-state index contributed by atoms with van der Waals surface area (Å²) in [5.74, 6) is 0.640. The van der Waals surface area contributed by atoms with Crippen molar-refractivity contribution < 1.29 is 0 Å². The van der Waals surface area contributed by atoms with Crippen LogP contribution in [0.25, 0.3) is 10.9 Å². The molecule has 0 aliphatic carbocycles. The SMILES string of the molecule is Nc1c(Br)cnn1Cc1ccc2ncccc2c1. The van der Waals surface area contributed by atoms with Crippen LogP contribution in [-0.2, 0) is 6.54 Å². The van der Waals surface area contributed by atoms with Crippen LogP contribution < -0.4 is 5.73 Å². The zero-order chi connectivity index (χ0) is 12.5. The van der Waals surface area contributed by atoms with Gasteiger partial charge in [-0.25, -0.2) is 4.68 Å². The van der Waals surface area contributed by atoms with Crippen molar-refractivity contribution in [1.29, 1.82) is 0 Å². The molecule has 2 aromatic heterocycles. The fourth-order valence-electron chi connectivity index (χ4n) is 1.89. The first kappa shape index (κ1) is 11.2. The summed E-state index contributed by atoms with van der Waals surface area (Å²) >= 11 is 3.35. The number of nitrogen functional groups attached to an aromatic ring is 1. The third-order valence-electron chi connectivity index (χ3n) is 2.83. The molecule has 0 aliphatic rings. The van der Waals surface area contributed by atoms with E-state index in [4.69, 9.17) is 5.73 Å². The van der Waals surface area contributed by atoms with E-state index in [1.807, 2.05) is 24.3 Å². The Morgan fingerprint density at radius 3 is 2.94 bits per heavy atom. The number of fused-ring (bicyclic) bond motifs is 1. The number of hydrogen-bond acceptors (Lipinski definition) is 3. The largest absolute Gasteiger partial charge is 0.383 e. The highest BCUT2D eigenvalue weighted by atomic mass is 79.9. The third-order valence-corrected chi connectivity index (χ3v) is 3.44. The maximum Gasteiger partial charge on any atom is 0.136 e. The molecule has 0 aliphatic heterocycles. The third kappa shape index (κ3) is 1.97. The van der Waals surface area contributed by atoms with Crippen molar-refractivity contribution >= 4 is 32.7 Å². The van der Waals surface area contributed by atoms with E-state index in [9.17, 15) is 0 Å². The van der Waals surface area contributed by atoms with Crippen molar-refractivity contribution in [3.8, 4) is 0 Å². The van der Waals surface area contributed by atoms with E-state index in [2.05, 4.69) is 32.1 Å². The molecular formula is C13H11BrN4. The van der Waals surface area contributed by atoms with Crippen molar-refractivity contribution in [2.75, 3.05) is 5.73 Å². The fraction of sp³-hybridized carbons (Fsp3) is 0.0769. The molecule has 3 rings (SSSR count). The molecular weight excluding hydrogens is 292 g/mol. The molecule has 0 amide bonds. The lowest BCUT2D eigenvalue weighted by Gasteiger charge is -2.05. The zero-order valence-electron chi connectivity index (χ0n) is 9.55. The van der Waals surface area contributed by atoms with Gasteiger partial charge in [-0.3, -0.25) is 4.98 Å². The summed E-state index contributed by atoms with van der Waals surface area (Å²) in [6.45, 7) is 0.655. The van der Waals surface area contributed by atoms with Crippen LogP contribution in [0, 0.1) is 0 Å². The molecule has 0 saturated heterocycles. The molecule has 18 heavy (non-hydrogen) atoms. The number of nitrogens with zero attached hydrogens (tertiary/aromatic N) is 3. The van der Waals surface area contributed by atoms with Crippen LogP contribution in [-0.4, -0.2) is 14.8 Å². The van der Waals surface area contributed by atoms with Gasteiger partial charge in [-0.2, -0.15) is 5.10 Å². The molecule has 4 nitrogen and oxygen atoms in total. The van der Waals surface area contributed by atoms with Gasteiger partial charge in [-0.15, -0.1) is 0 Å². The van der Waals surface area contributed by atoms with Gasteiger partial charge in [0, 0.05) is 11.6 Å². The Balaban J connectivity index is 1.98. The molecule has 0 unspecified atom stereocenters. The zero-order valence-corrected chi connectivity index (χ0v) is 11.1. The van der Waals surface area contributed by atoms with Crippen molar-refractivity contribution in [3.63, 3.8) is 0 Å². The summed E-state index contributed by atoms with van der Waals surface area (Å²) in [5, 5.41) is 5.34. The van der Waals surface area contributed by atoms with Crippen LogP contribution in [0.3, 0.4) is 0 Å². The van der Waals surface area contributed by atoms with Crippen LogP contribution in [0.1, 0.15) is 5.56 Å². The van der Waals surface area contributed by atoms with Gasteiger partial charge in [0.15, 0.2) is 0 Å². The van der Waals surface area contributed by atoms with Gasteiger partial charge in [-0.05, 0) is 39.7 Å². The van der Waals surface area contributed by atoms with E-state index < -0.39 is 0 Å². The molecule has 0 spiro atoms. The van der Waals surface area contributed by atoms with Crippen LogP contribution in [0.2, 0.25) is 0 Å². The van der Waals surface area contributed by atoms with Gasteiger partial charge in [0.25, 0.3) is 0 Å². The molecule has 0 radical (unpaired) electrons. The quantitative estimate of drug-likeness (QED) is 0.792. The summed E-state index contributed by atoms with van der Waals surface area (Å²) < 4.78 is 2.59. The molecule has 1 aromatic carbocycles. The summed E-state index contributed by atoms with van der Waals surface area (Å²) in [6.07, 6.45) is 3.50. The average molecular weight is 303 g/mol. The van der Waals surface area contributed by atoms with E-state index in [1.165, 1.54) is 0 Å². The van der Waals surface area contributed by atoms with Crippen LogP contribution in [0.4, 0.5) is 5.82 Å². The minimum atomic E-state index is 0.640. The number of nitrogens with two attached hydrogens (primary N) is 1. The van der Waals surface area contributed by atoms with Crippen molar-refractivity contribution in [3.05, 3.63) is 52.8 Å². The Bertz CT molecular complexity index is 705.